The summed E-state index contributed by atoms with van der Waals surface area (Å²) in [5.74, 6) is -0.103. The van der Waals surface area contributed by atoms with Gasteiger partial charge in [0.15, 0.2) is 0 Å². The maximum absolute atomic E-state index is 12.3. The lowest BCUT2D eigenvalue weighted by atomic mass is 10.1. The molecular formula is C16H18N2O2. The van der Waals surface area contributed by atoms with Crippen molar-refractivity contribution in [2.45, 2.75) is 13.3 Å². The number of hydrogen-bond acceptors (Lipinski definition) is 3. The van der Waals surface area contributed by atoms with Crippen molar-refractivity contribution in [2.24, 2.45) is 0 Å². The molecule has 1 aromatic carbocycles. The second-order valence-corrected chi connectivity index (χ2v) is 4.80. The van der Waals surface area contributed by atoms with Crippen LogP contribution in [0.25, 0.3) is 0 Å². The van der Waals surface area contributed by atoms with E-state index in [4.69, 9.17) is 0 Å². The van der Waals surface area contributed by atoms with Crippen molar-refractivity contribution < 1.29 is 9.90 Å². The number of benzene rings is 1. The highest BCUT2D eigenvalue weighted by atomic mass is 16.3. The number of phenols is 1. The van der Waals surface area contributed by atoms with Gasteiger partial charge in [0, 0.05) is 26.0 Å². The summed E-state index contributed by atoms with van der Waals surface area (Å²) in [5.41, 5.74) is 2.19. The molecule has 1 amide bonds. The van der Waals surface area contributed by atoms with Crippen molar-refractivity contribution in [1.29, 1.82) is 0 Å². The number of likely N-dealkylation sites (N-methyl/N-ethyl adjacent to an activating group) is 1. The number of rotatable bonds is 4. The molecule has 0 bridgehead atoms. The number of para-hydroxylation sites is 1. The van der Waals surface area contributed by atoms with Gasteiger partial charge in [-0.25, -0.2) is 0 Å². The van der Waals surface area contributed by atoms with Crippen molar-refractivity contribution in [3.8, 4) is 5.75 Å². The summed E-state index contributed by atoms with van der Waals surface area (Å²) < 4.78 is 0. The van der Waals surface area contributed by atoms with E-state index >= 15 is 0 Å². The average molecular weight is 270 g/mol. The average Bonchev–Trinajstić information content (AvgIpc) is 2.48. The fourth-order valence-electron chi connectivity index (χ4n) is 1.98. The summed E-state index contributed by atoms with van der Waals surface area (Å²) in [6.07, 6.45) is 4.24. The largest absolute Gasteiger partial charge is 0.507 e. The molecule has 1 aromatic heterocycles. The first-order valence-corrected chi connectivity index (χ1v) is 6.52. The Bertz CT molecular complexity index is 597. The van der Waals surface area contributed by atoms with Gasteiger partial charge in [0.1, 0.15) is 5.75 Å². The molecule has 0 unspecified atom stereocenters. The normalized spacial score (nSPS) is 10.3. The van der Waals surface area contributed by atoms with Gasteiger partial charge in [0.05, 0.1) is 5.56 Å². The summed E-state index contributed by atoms with van der Waals surface area (Å²) in [6, 6.07) is 9.07. The van der Waals surface area contributed by atoms with Gasteiger partial charge in [0.25, 0.3) is 5.91 Å². The van der Waals surface area contributed by atoms with Crippen molar-refractivity contribution in [1.82, 2.24) is 9.88 Å². The van der Waals surface area contributed by atoms with Gasteiger partial charge in [-0.2, -0.15) is 0 Å². The number of aryl methyl sites for hydroxylation is 1. The third-order valence-electron chi connectivity index (χ3n) is 3.30. The molecule has 2 rings (SSSR count). The maximum Gasteiger partial charge on any atom is 0.257 e. The van der Waals surface area contributed by atoms with Crippen LogP contribution < -0.4 is 0 Å². The SMILES string of the molecule is Cc1cccc(C(=O)N(C)CCc2ccncc2)c1O. The molecule has 0 aliphatic heterocycles. The first-order chi connectivity index (χ1) is 9.59. The molecule has 1 heterocycles. The molecule has 0 aliphatic rings. The summed E-state index contributed by atoms with van der Waals surface area (Å²) >= 11 is 0. The van der Waals surface area contributed by atoms with Gasteiger partial charge < -0.3 is 10.0 Å². The molecule has 0 aliphatic carbocycles. The Kier molecular flexibility index (Phi) is 4.35. The van der Waals surface area contributed by atoms with E-state index in [9.17, 15) is 9.90 Å². The van der Waals surface area contributed by atoms with Gasteiger partial charge in [-0.05, 0) is 42.7 Å². The number of pyridine rings is 1. The predicted molar refractivity (Wildman–Crippen MR) is 77.7 cm³/mol. The van der Waals surface area contributed by atoms with E-state index in [0.29, 0.717) is 17.7 Å². The molecule has 4 heteroatoms. The van der Waals surface area contributed by atoms with Crippen LogP contribution in [-0.2, 0) is 6.42 Å². The van der Waals surface area contributed by atoms with E-state index in [1.807, 2.05) is 12.1 Å². The van der Waals surface area contributed by atoms with Crippen LogP contribution >= 0.6 is 0 Å². The zero-order valence-corrected chi connectivity index (χ0v) is 11.7. The number of amides is 1. The highest BCUT2D eigenvalue weighted by Gasteiger charge is 2.16. The second kappa shape index (κ2) is 6.19. The smallest absolute Gasteiger partial charge is 0.257 e. The minimum atomic E-state index is -0.166. The van der Waals surface area contributed by atoms with Crippen molar-refractivity contribution in [2.75, 3.05) is 13.6 Å². The van der Waals surface area contributed by atoms with E-state index in [2.05, 4.69) is 4.98 Å². The minimum Gasteiger partial charge on any atom is -0.507 e. The number of phenolic OH excluding ortho intramolecular Hbond substituents is 1. The van der Waals surface area contributed by atoms with Crippen LogP contribution in [-0.4, -0.2) is 34.5 Å². The Labute approximate surface area is 118 Å². The van der Waals surface area contributed by atoms with Crippen LogP contribution in [0.4, 0.5) is 0 Å². The monoisotopic (exact) mass is 270 g/mol. The number of nitrogens with zero attached hydrogens (tertiary/aromatic N) is 2. The number of hydrogen-bond donors (Lipinski definition) is 1. The first-order valence-electron chi connectivity index (χ1n) is 6.52. The fourth-order valence-corrected chi connectivity index (χ4v) is 1.98. The Morgan fingerprint density at radius 3 is 2.65 bits per heavy atom. The molecule has 0 atom stereocenters. The summed E-state index contributed by atoms with van der Waals surface area (Å²) in [7, 11) is 1.74. The summed E-state index contributed by atoms with van der Waals surface area (Å²) in [5, 5.41) is 9.95. The number of aromatic nitrogens is 1. The number of carbonyl (C=O) groups excluding carboxylic acids is 1. The third kappa shape index (κ3) is 3.15. The molecule has 0 radical (unpaired) electrons. The van der Waals surface area contributed by atoms with E-state index in [-0.39, 0.29) is 11.7 Å². The molecule has 20 heavy (non-hydrogen) atoms. The Hall–Kier alpha value is -2.36. The first kappa shape index (κ1) is 14.1. The highest BCUT2D eigenvalue weighted by Crippen LogP contribution is 2.22. The lowest BCUT2D eigenvalue weighted by Crippen LogP contribution is -2.29. The van der Waals surface area contributed by atoms with Crippen molar-refractivity contribution >= 4 is 5.91 Å². The molecule has 1 N–H and O–H groups in total. The van der Waals surface area contributed by atoms with Gasteiger partial charge >= 0.3 is 0 Å². The topological polar surface area (TPSA) is 53.4 Å². The Balaban J connectivity index is 2.04. The highest BCUT2D eigenvalue weighted by molar-refractivity contribution is 5.97. The van der Waals surface area contributed by atoms with Gasteiger partial charge in [-0.3, -0.25) is 9.78 Å². The fraction of sp³-hybridized carbons (Fsp3) is 0.250. The lowest BCUT2D eigenvalue weighted by Gasteiger charge is -2.18. The van der Waals surface area contributed by atoms with Gasteiger partial charge in [-0.15, -0.1) is 0 Å². The number of carbonyl (C=O) groups is 1. The van der Waals surface area contributed by atoms with Crippen molar-refractivity contribution in [3.63, 3.8) is 0 Å². The molecule has 2 aromatic rings. The van der Waals surface area contributed by atoms with Crippen LogP contribution in [0.1, 0.15) is 21.5 Å². The van der Waals surface area contributed by atoms with Crippen LogP contribution in [0.2, 0.25) is 0 Å². The zero-order chi connectivity index (χ0) is 14.5. The van der Waals surface area contributed by atoms with Crippen LogP contribution in [0.5, 0.6) is 5.75 Å². The predicted octanol–water partition coefficient (Wildman–Crippen LogP) is 2.41. The molecule has 0 spiro atoms. The molecule has 0 saturated heterocycles. The lowest BCUT2D eigenvalue weighted by molar-refractivity contribution is 0.0793. The van der Waals surface area contributed by atoms with Crippen LogP contribution in [0.15, 0.2) is 42.7 Å². The Morgan fingerprint density at radius 2 is 1.95 bits per heavy atom. The van der Waals surface area contributed by atoms with Crippen LogP contribution in [0, 0.1) is 6.92 Å². The second-order valence-electron chi connectivity index (χ2n) is 4.80. The standard InChI is InChI=1S/C16H18N2O2/c1-12-4-3-5-14(15(12)19)16(20)18(2)11-8-13-6-9-17-10-7-13/h3-7,9-10,19H,8,11H2,1-2H3. The van der Waals surface area contributed by atoms with E-state index in [0.717, 1.165) is 12.0 Å². The third-order valence-corrected chi connectivity index (χ3v) is 3.30. The van der Waals surface area contributed by atoms with Gasteiger partial charge in [0.2, 0.25) is 0 Å². The molecular weight excluding hydrogens is 252 g/mol. The quantitative estimate of drug-likeness (QED) is 0.928. The Morgan fingerprint density at radius 1 is 1.25 bits per heavy atom. The van der Waals surface area contributed by atoms with E-state index in [1.54, 1.807) is 49.5 Å². The van der Waals surface area contributed by atoms with E-state index < -0.39 is 0 Å². The molecule has 0 saturated carbocycles. The van der Waals surface area contributed by atoms with Crippen LogP contribution in [0.3, 0.4) is 0 Å². The molecule has 104 valence electrons. The number of aromatic hydroxyl groups is 1. The molecule has 4 nitrogen and oxygen atoms in total. The zero-order valence-electron chi connectivity index (χ0n) is 11.7. The van der Waals surface area contributed by atoms with Crippen molar-refractivity contribution in [3.05, 3.63) is 59.4 Å². The molecule has 0 fully saturated rings. The summed E-state index contributed by atoms with van der Waals surface area (Å²) in [4.78, 5) is 17.9. The minimum absolute atomic E-state index is 0.0632. The maximum atomic E-state index is 12.3. The summed E-state index contributed by atoms with van der Waals surface area (Å²) in [6.45, 7) is 2.37. The van der Waals surface area contributed by atoms with Gasteiger partial charge in [-0.1, -0.05) is 12.1 Å². The van der Waals surface area contributed by atoms with E-state index in [1.165, 1.54) is 0 Å².